The summed E-state index contributed by atoms with van der Waals surface area (Å²) in [6.45, 7) is 8.53. The van der Waals surface area contributed by atoms with Crippen LogP contribution < -0.4 is 5.32 Å². The fourth-order valence-corrected chi connectivity index (χ4v) is 4.62. The van der Waals surface area contributed by atoms with Crippen LogP contribution in [0, 0.1) is 18.8 Å². The van der Waals surface area contributed by atoms with Crippen molar-refractivity contribution in [3.05, 3.63) is 34.7 Å². The van der Waals surface area contributed by atoms with Crippen LogP contribution in [0.25, 0.3) is 11.3 Å². The number of aromatic nitrogens is 1. The van der Waals surface area contributed by atoms with Crippen LogP contribution in [0.15, 0.2) is 24.3 Å². The average molecular weight is 401 g/mol. The Balaban J connectivity index is 1.77. The standard InChI is InChI=1S/C22H28N2O3S/c1-13-18(14-9-11-15(12-10-14)22(2,3)4)23-21(28-13)24-19(25)16-7-5-6-8-17(16)20(26)27/h9-12,16-17H,5-8H2,1-4H3,(H,26,27)(H,23,24,25). The molecule has 1 aromatic carbocycles. The summed E-state index contributed by atoms with van der Waals surface area (Å²) in [6, 6.07) is 8.36. The molecule has 1 fully saturated rings. The number of thiazole rings is 1. The van der Waals surface area contributed by atoms with Gasteiger partial charge in [0.15, 0.2) is 5.13 Å². The summed E-state index contributed by atoms with van der Waals surface area (Å²) in [5.74, 6) is -2.19. The second-order valence-electron chi connectivity index (χ2n) is 8.58. The van der Waals surface area contributed by atoms with Crippen LogP contribution in [-0.4, -0.2) is 22.0 Å². The van der Waals surface area contributed by atoms with Crippen molar-refractivity contribution >= 4 is 28.3 Å². The SMILES string of the molecule is Cc1sc(NC(=O)C2CCCCC2C(=O)O)nc1-c1ccc(C(C)(C)C)cc1. The zero-order chi connectivity index (χ0) is 20.5. The summed E-state index contributed by atoms with van der Waals surface area (Å²) in [7, 11) is 0. The van der Waals surface area contributed by atoms with Gasteiger partial charge in [0.2, 0.25) is 5.91 Å². The lowest BCUT2D eigenvalue weighted by Gasteiger charge is -2.26. The zero-order valence-corrected chi connectivity index (χ0v) is 17.7. The molecular formula is C22H28N2O3S. The van der Waals surface area contributed by atoms with E-state index in [9.17, 15) is 14.7 Å². The number of carbonyl (C=O) groups is 2. The van der Waals surface area contributed by atoms with Crippen molar-refractivity contribution in [1.82, 2.24) is 4.98 Å². The third kappa shape index (κ3) is 4.43. The first-order valence-corrected chi connectivity index (χ1v) is 10.6. The van der Waals surface area contributed by atoms with Crippen LogP contribution in [-0.2, 0) is 15.0 Å². The number of carboxylic acid groups (broad SMARTS) is 1. The predicted octanol–water partition coefficient (Wildman–Crippen LogP) is 5.25. The van der Waals surface area contributed by atoms with E-state index in [1.807, 2.05) is 6.92 Å². The van der Waals surface area contributed by atoms with Crippen molar-refractivity contribution in [1.29, 1.82) is 0 Å². The fraction of sp³-hybridized carbons (Fsp3) is 0.500. The van der Waals surface area contributed by atoms with Crippen LogP contribution in [0.2, 0.25) is 0 Å². The molecular weight excluding hydrogens is 372 g/mol. The minimum Gasteiger partial charge on any atom is -0.481 e. The first kappa shape index (κ1) is 20.5. The molecule has 3 rings (SSSR count). The predicted molar refractivity (Wildman–Crippen MR) is 113 cm³/mol. The maximum Gasteiger partial charge on any atom is 0.307 e. The molecule has 150 valence electrons. The number of benzene rings is 1. The quantitative estimate of drug-likeness (QED) is 0.735. The molecule has 1 amide bonds. The van der Waals surface area contributed by atoms with Gasteiger partial charge in [0.1, 0.15) is 0 Å². The van der Waals surface area contributed by atoms with Crippen molar-refractivity contribution in [2.75, 3.05) is 5.32 Å². The minimum atomic E-state index is -0.880. The van der Waals surface area contributed by atoms with Crippen molar-refractivity contribution in [2.24, 2.45) is 11.8 Å². The second kappa shape index (κ2) is 8.03. The van der Waals surface area contributed by atoms with E-state index >= 15 is 0 Å². The first-order valence-electron chi connectivity index (χ1n) is 9.79. The molecule has 0 aliphatic heterocycles. The third-order valence-electron chi connectivity index (χ3n) is 5.47. The molecule has 0 spiro atoms. The Morgan fingerprint density at radius 2 is 1.71 bits per heavy atom. The average Bonchev–Trinajstić information content (AvgIpc) is 3.01. The summed E-state index contributed by atoms with van der Waals surface area (Å²) in [5.41, 5.74) is 3.23. The first-order chi connectivity index (χ1) is 13.2. The molecule has 2 unspecified atom stereocenters. The Kier molecular flexibility index (Phi) is 5.89. The van der Waals surface area contributed by atoms with E-state index in [0.29, 0.717) is 18.0 Å². The van der Waals surface area contributed by atoms with E-state index in [-0.39, 0.29) is 11.3 Å². The number of hydrogen-bond acceptors (Lipinski definition) is 4. The number of aryl methyl sites for hydroxylation is 1. The Labute approximate surface area is 170 Å². The number of nitrogens with zero attached hydrogens (tertiary/aromatic N) is 1. The molecule has 6 heteroatoms. The van der Waals surface area contributed by atoms with Gasteiger partial charge in [0.25, 0.3) is 0 Å². The molecule has 1 heterocycles. The molecule has 2 N–H and O–H groups in total. The summed E-state index contributed by atoms with van der Waals surface area (Å²) < 4.78 is 0. The molecule has 1 aliphatic carbocycles. The molecule has 5 nitrogen and oxygen atoms in total. The molecule has 0 radical (unpaired) electrons. The highest BCUT2D eigenvalue weighted by atomic mass is 32.1. The Hall–Kier alpha value is -2.21. The minimum absolute atomic E-state index is 0.0927. The number of rotatable bonds is 4. The van der Waals surface area contributed by atoms with Gasteiger partial charge in [-0.2, -0.15) is 0 Å². The number of aliphatic carboxylic acids is 1. The monoisotopic (exact) mass is 400 g/mol. The van der Waals surface area contributed by atoms with E-state index in [1.54, 1.807) is 0 Å². The zero-order valence-electron chi connectivity index (χ0n) is 16.9. The summed E-state index contributed by atoms with van der Waals surface area (Å²) in [6.07, 6.45) is 2.94. The van der Waals surface area contributed by atoms with Crippen molar-refractivity contribution in [3.63, 3.8) is 0 Å². The molecule has 2 aromatic rings. The van der Waals surface area contributed by atoms with Crippen molar-refractivity contribution in [3.8, 4) is 11.3 Å². The smallest absolute Gasteiger partial charge is 0.307 e. The van der Waals surface area contributed by atoms with E-state index < -0.39 is 17.8 Å². The van der Waals surface area contributed by atoms with Crippen LogP contribution in [0.5, 0.6) is 0 Å². The van der Waals surface area contributed by atoms with E-state index in [4.69, 9.17) is 0 Å². The lowest BCUT2D eigenvalue weighted by molar-refractivity contribution is -0.147. The molecule has 0 bridgehead atoms. The summed E-state index contributed by atoms with van der Waals surface area (Å²) in [4.78, 5) is 29.8. The Bertz CT molecular complexity index is 865. The van der Waals surface area contributed by atoms with Gasteiger partial charge in [-0.15, -0.1) is 11.3 Å². The summed E-state index contributed by atoms with van der Waals surface area (Å²) in [5, 5.41) is 12.8. The van der Waals surface area contributed by atoms with E-state index in [0.717, 1.165) is 29.0 Å². The summed E-state index contributed by atoms with van der Waals surface area (Å²) >= 11 is 1.43. The number of amides is 1. The largest absolute Gasteiger partial charge is 0.481 e. The lowest BCUT2D eigenvalue weighted by atomic mass is 9.79. The topological polar surface area (TPSA) is 79.3 Å². The molecule has 0 saturated heterocycles. The van der Waals surface area contributed by atoms with Crippen molar-refractivity contribution < 1.29 is 14.7 Å². The van der Waals surface area contributed by atoms with Crippen LogP contribution in [0.4, 0.5) is 5.13 Å². The van der Waals surface area contributed by atoms with E-state index in [1.165, 1.54) is 16.9 Å². The van der Waals surface area contributed by atoms with Gasteiger partial charge in [0, 0.05) is 10.4 Å². The molecule has 2 atom stereocenters. The van der Waals surface area contributed by atoms with Gasteiger partial charge in [0.05, 0.1) is 17.5 Å². The highest BCUT2D eigenvalue weighted by molar-refractivity contribution is 7.16. The highest BCUT2D eigenvalue weighted by Crippen LogP contribution is 2.34. The number of carboxylic acids is 1. The number of nitrogens with one attached hydrogen (secondary N) is 1. The van der Waals surface area contributed by atoms with Gasteiger partial charge in [-0.25, -0.2) is 4.98 Å². The van der Waals surface area contributed by atoms with Crippen LogP contribution in [0.1, 0.15) is 56.9 Å². The number of anilines is 1. The van der Waals surface area contributed by atoms with Crippen molar-refractivity contribution in [2.45, 2.75) is 58.8 Å². The maximum absolute atomic E-state index is 12.7. The molecule has 1 aliphatic rings. The van der Waals surface area contributed by atoms with Gasteiger partial charge in [-0.05, 0) is 30.7 Å². The Morgan fingerprint density at radius 3 is 2.29 bits per heavy atom. The molecule has 1 aromatic heterocycles. The molecule has 28 heavy (non-hydrogen) atoms. The normalized spacial score (nSPS) is 20.0. The van der Waals surface area contributed by atoms with Gasteiger partial charge >= 0.3 is 5.97 Å². The van der Waals surface area contributed by atoms with Crippen LogP contribution in [0.3, 0.4) is 0 Å². The van der Waals surface area contributed by atoms with Gasteiger partial charge < -0.3 is 10.4 Å². The van der Waals surface area contributed by atoms with Gasteiger partial charge in [-0.3, -0.25) is 9.59 Å². The highest BCUT2D eigenvalue weighted by Gasteiger charge is 2.36. The Morgan fingerprint density at radius 1 is 1.11 bits per heavy atom. The lowest BCUT2D eigenvalue weighted by Crippen LogP contribution is -2.36. The third-order valence-corrected chi connectivity index (χ3v) is 6.36. The van der Waals surface area contributed by atoms with E-state index in [2.05, 4.69) is 55.3 Å². The van der Waals surface area contributed by atoms with Crippen LogP contribution >= 0.6 is 11.3 Å². The fourth-order valence-electron chi connectivity index (χ4n) is 3.78. The number of carbonyl (C=O) groups excluding carboxylic acids is 1. The maximum atomic E-state index is 12.7. The second-order valence-corrected chi connectivity index (χ2v) is 9.78. The van der Waals surface area contributed by atoms with Gasteiger partial charge in [-0.1, -0.05) is 57.9 Å². The number of hydrogen-bond donors (Lipinski definition) is 2. The molecule has 1 saturated carbocycles.